The number of hydrogen-bond donors (Lipinski definition) is 0. The number of carbonyl (C=O) groups excluding carboxylic acids is 1. The van der Waals surface area contributed by atoms with Gasteiger partial charge in [-0.15, -0.1) is 0 Å². The first kappa shape index (κ1) is 18.4. The molecule has 1 saturated heterocycles. The van der Waals surface area contributed by atoms with Gasteiger partial charge in [-0.05, 0) is 49.2 Å². The fraction of sp³-hybridized carbons (Fsp3) is 0.261. The molecule has 7 heteroatoms. The number of amides is 1. The maximum Gasteiger partial charge on any atom is 0.254 e. The molecule has 1 aliphatic rings. The Morgan fingerprint density at radius 1 is 1.27 bits per heavy atom. The van der Waals surface area contributed by atoms with Crippen LogP contribution in [0.3, 0.4) is 0 Å². The number of fused-ring (bicyclic) bond motifs is 1. The lowest BCUT2D eigenvalue weighted by atomic mass is 10.1. The standard InChI is InChI=1S/C23H22N4O3/c1-15-5-6-16(12-20(15)29-2)23(28)26-10-7-18(13-26)27-21(17-8-11-30-14-17)25-19-4-3-9-24-22(19)27/h3-6,8-9,11-12,14,18H,7,10,13H2,1-2H3. The third-order valence-electron chi connectivity index (χ3n) is 5.70. The molecule has 0 saturated carbocycles. The Bertz CT molecular complexity index is 1210. The first-order valence-corrected chi connectivity index (χ1v) is 9.95. The zero-order chi connectivity index (χ0) is 20.7. The van der Waals surface area contributed by atoms with Crippen LogP contribution in [0.1, 0.15) is 28.4 Å². The van der Waals surface area contributed by atoms with E-state index in [-0.39, 0.29) is 11.9 Å². The molecule has 0 radical (unpaired) electrons. The second kappa shape index (κ2) is 7.33. The average Bonchev–Trinajstić information content (AvgIpc) is 3.52. The molecule has 0 spiro atoms. The molecule has 1 amide bonds. The van der Waals surface area contributed by atoms with Gasteiger partial charge in [-0.25, -0.2) is 9.97 Å². The van der Waals surface area contributed by atoms with Crippen LogP contribution in [0.25, 0.3) is 22.6 Å². The van der Waals surface area contributed by atoms with Crippen LogP contribution in [0.4, 0.5) is 0 Å². The van der Waals surface area contributed by atoms with Gasteiger partial charge in [0.25, 0.3) is 5.91 Å². The number of pyridine rings is 1. The number of ether oxygens (including phenoxy) is 1. The van der Waals surface area contributed by atoms with Crippen LogP contribution in [-0.2, 0) is 0 Å². The number of furan rings is 1. The van der Waals surface area contributed by atoms with E-state index in [0.717, 1.165) is 40.3 Å². The van der Waals surface area contributed by atoms with Crippen LogP contribution in [0.2, 0.25) is 0 Å². The van der Waals surface area contributed by atoms with Gasteiger partial charge in [0.2, 0.25) is 0 Å². The van der Waals surface area contributed by atoms with Crippen LogP contribution in [-0.4, -0.2) is 45.5 Å². The molecule has 5 rings (SSSR count). The molecule has 3 aromatic heterocycles. The van der Waals surface area contributed by atoms with Crippen molar-refractivity contribution < 1.29 is 13.9 Å². The van der Waals surface area contributed by atoms with E-state index in [1.807, 2.05) is 48.2 Å². The van der Waals surface area contributed by atoms with E-state index in [4.69, 9.17) is 14.1 Å². The lowest BCUT2D eigenvalue weighted by Gasteiger charge is -2.19. The van der Waals surface area contributed by atoms with E-state index in [2.05, 4.69) is 9.55 Å². The van der Waals surface area contributed by atoms with Crippen molar-refractivity contribution >= 4 is 17.1 Å². The van der Waals surface area contributed by atoms with Crippen molar-refractivity contribution in [1.29, 1.82) is 0 Å². The SMILES string of the molecule is COc1cc(C(=O)N2CCC(n3c(-c4ccoc4)nc4cccnc43)C2)ccc1C. The zero-order valence-corrected chi connectivity index (χ0v) is 16.9. The highest BCUT2D eigenvalue weighted by atomic mass is 16.5. The summed E-state index contributed by atoms with van der Waals surface area (Å²) in [4.78, 5) is 24.4. The molecule has 7 nitrogen and oxygen atoms in total. The van der Waals surface area contributed by atoms with Crippen LogP contribution in [0.15, 0.2) is 59.5 Å². The number of hydrogen-bond acceptors (Lipinski definition) is 5. The molecule has 1 unspecified atom stereocenters. The van der Waals surface area contributed by atoms with Gasteiger partial charge in [0.05, 0.1) is 25.0 Å². The third-order valence-corrected chi connectivity index (χ3v) is 5.70. The average molecular weight is 402 g/mol. The number of aryl methyl sites for hydroxylation is 1. The normalized spacial score (nSPS) is 16.3. The van der Waals surface area contributed by atoms with Gasteiger partial charge in [-0.3, -0.25) is 4.79 Å². The fourth-order valence-corrected chi connectivity index (χ4v) is 4.14. The molecule has 4 heterocycles. The van der Waals surface area contributed by atoms with Crippen LogP contribution in [0, 0.1) is 6.92 Å². The molecule has 152 valence electrons. The number of carbonyl (C=O) groups is 1. The molecule has 1 atom stereocenters. The summed E-state index contributed by atoms with van der Waals surface area (Å²) in [5.41, 5.74) is 4.21. The van der Waals surface area contributed by atoms with Crippen molar-refractivity contribution in [3.63, 3.8) is 0 Å². The largest absolute Gasteiger partial charge is 0.496 e. The van der Waals surface area contributed by atoms with E-state index < -0.39 is 0 Å². The Balaban J connectivity index is 1.47. The molecular weight excluding hydrogens is 380 g/mol. The number of aromatic nitrogens is 3. The second-order valence-electron chi connectivity index (χ2n) is 7.54. The summed E-state index contributed by atoms with van der Waals surface area (Å²) >= 11 is 0. The predicted octanol–water partition coefficient (Wildman–Crippen LogP) is 4.10. The third kappa shape index (κ3) is 3.03. The lowest BCUT2D eigenvalue weighted by molar-refractivity contribution is 0.0787. The highest BCUT2D eigenvalue weighted by Gasteiger charge is 2.31. The Morgan fingerprint density at radius 2 is 2.17 bits per heavy atom. The van der Waals surface area contributed by atoms with Crippen LogP contribution >= 0.6 is 0 Å². The summed E-state index contributed by atoms with van der Waals surface area (Å²) < 4.78 is 12.8. The van der Waals surface area contributed by atoms with E-state index >= 15 is 0 Å². The Hall–Kier alpha value is -3.61. The maximum absolute atomic E-state index is 13.1. The van der Waals surface area contributed by atoms with Crippen molar-refractivity contribution in [3.05, 3.63) is 66.2 Å². The number of methoxy groups -OCH3 is 1. The van der Waals surface area contributed by atoms with E-state index in [9.17, 15) is 4.79 Å². The van der Waals surface area contributed by atoms with Gasteiger partial charge in [0.1, 0.15) is 23.4 Å². The highest BCUT2D eigenvalue weighted by molar-refractivity contribution is 5.95. The summed E-state index contributed by atoms with van der Waals surface area (Å²) in [6, 6.07) is 11.4. The first-order chi connectivity index (χ1) is 14.7. The van der Waals surface area contributed by atoms with E-state index in [1.165, 1.54) is 0 Å². The quantitative estimate of drug-likeness (QED) is 0.514. The number of likely N-dealkylation sites (tertiary alicyclic amines) is 1. The molecule has 1 fully saturated rings. The number of benzene rings is 1. The molecule has 4 aromatic rings. The minimum atomic E-state index is 0.0121. The topological polar surface area (TPSA) is 73.4 Å². The van der Waals surface area contributed by atoms with E-state index in [0.29, 0.717) is 18.7 Å². The molecule has 30 heavy (non-hydrogen) atoms. The predicted molar refractivity (Wildman–Crippen MR) is 113 cm³/mol. The maximum atomic E-state index is 13.1. The van der Waals surface area contributed by atoms with Crippen molar-refractivity contribution in [2.75, 3.05) is 20.2 Å². The molecule has 0 bridgehead atoms. The number of imidazole rings is 1. The van der Waals surface area contributed by atoms with Crippen LogP contribution in [0.5, 0.6) is 5.75 Å². The monoisotopic (exact) mass is 402 g/mol. The van der Waals surface area contributed by atoms with Crippen molar-refractivity contribution in [1.82, 2.24) is 19.4 Å². The summed E-state index contributed by atoms with van der Waals surface area (Å²) in [6.07, 6.45) is 5.94. The van der Waals surface area contributed by atoms with Crippen molar-refractivity contribution in [2.45, 2.75) is 19.4 Å². The molecular formula is C23H22N4O3. The Morgan fingerprint density at radius 3 is 2.97 bits per heavy atom. The van der Waals surface area contributed by atoms with Gasteiger partial charge >= 0.3 is 0 Å². The smallest absolute Gasteiger partial charge is 0.254 e. The van der Waals surface area contributed by atoms with Gasteiger partial charge < -0.3 is 18.6 Å². The van der Waals surface area contributed by atoms with Crippen molar-refractivity contribution in [3.8, 4) is 17.1 Å². The highest BCUT2D eigenvalue weighted by Crippen LogP contribution is 2.33. The van der Waals surface area contributed by atoms with Gasteiger partial charge in [0, 0.05) is 24.8 Å². The van der Waals surface area contributed by atoms with Gasteiger partial charge in [-0.2, -0.15) is 0 Å². The Labute approximate surface area is 173 Å². The van der Waals surface area contributed by atoms with Crippen LogP contribution < -0.4 is 4.74 Å². The first-order valence-electron chi connectivity index (χ1n) is 9.95. The summed E-state index contributed by atoms with van der Waals surface area (Å²) in [5, 5.41) is 0. The summed E-state index contributed by atoms with van der Waals surface area (Å²) in [7, 11) is 1.62. The Kier molecular flexibility index (Phi) is 4.50. The molecule has 1 aliphatic heterocycles. The summed E-state index contributed by atoms with van der Waals surface area (Å²) in [5.74, 6) is 1.55. The second-order valence-corrected chi connectivity index (χ2v) is 7.54. The molecule has 1 aromatic carbocycles. The lowest BCUT2D eigenvalue weighted by Crippen LogP contribution is -2.29. The molecule has 0 N–H and O–H groups in total. The minimum Gasteiger partial charge on any atom is -0.496 e. The number of rotatable bonds is 4. The molecule has 0 aliphatic carbocycles. The zero-order valence-electron chi connectivity index (χ0n) is 16.9. The fourth-order valence-electron chi connectivity index (χ4n) is 4.14. The van der Waals surface area contributed by atoms with Gasteiger partial charge in [0.15, 0.2) is 5.65 Å². The van der Waals surface area contributed by atoms with Gasteiger partial charge in [-0.1, -0.05) is 6.07 Å². The van der Waals surface area contributed by atoms with E-state index in [1.54, 1.807) is 25.8 Å². The number of nitrogens with zero attached hydrogens (tertiary/aromatic N) is 4. The van der Waals surface area contributed by atoms with Crippen molar-refractivity contribution in [2.24, 2.45) is 0 Å². The summed E-state index contributed by atoms with van der Waals surface area (Å²) in [6.45, 7) is 3.24. The minimum absolute atomic E-state index is 0.0121.